The molecule has 0 saturated carbocycles. The van der Waals surface area contributed by atoms with Gasteiger partial charge >= 0.3 is 0 Å². The lowest BCUT2D eigenvalue weighted by Gasteiger charge is -2.18. The molecule has 0 N–H and O–H groups in total. The van der Waals surface area contributed by atoms with Crippen molar-refractivity contribution in [2.75, 3.05) is 0 Å². The van der Waals surface area contributed by atoms with Crippen LogP contribution in [0.5, 0.6) is 0 Å². The summed E-state index contributed by atoms with van der Waals surface area (Å²) in [4.78, 5) is 8.96. The van der Waals surface area contributed by atoms with E-state index in [0.717, 1.165) is 21.5 Å². The highest BCUT2D eigenvalue weighted by Gasteiger charge is 2.18. The average molecular weight is 353 g/mol. The van der Waals surface area contributed by atoms with Gasteiger partial charge in [-0.05, 0) is 33.9 Å². The van der Waals surface area contributed by atoms with Crippen LogP contribution in [0.25, 0.3) is 0 Å². The van der Waals surface area contributed by atoms with E-state index in [9.17, 15) is 0 Å². The maximum atomic E-state index is 6.13. The van der Waals surface area contributed by atoms with Gasteiger partial charge in [-0.3, -0.25) is 0 Å². The summed E-state index contributed by atoms with van der Waals surface area (Å²) in [6, 6.07) is 0. The molecule has 0 aliphatic rings. The molecule has 0 spiro atoms. The zero-order valence-corrected chi connectivity index (χ0v) is 13.3. The molecule has 4 heteroatoms. The fourth-order valence-electron chi connectivity index (χ4n) is 1.42. The van der Waals surface area contributed by atoms with Crippen molar-refractivity contribution in [1.29, 1.82) is 0 Å². The van der Waals surface area contributed by atoms with Gasteiger partial charge in [-0.15, -0.1) is 0 Å². The van der Waals surface area contributed by atoms with Crippen LogP contribution >= 0.6 is 34.2 Å². The first-order chi connectivity index (χ1) is 7.20. The Kier molecular flexibility index (Phi) is 4.57. The fraction of sp³-hybridized carbons (Fsp3) is 0.667. The van der Waals surface area contributed by atoms with Crippen LogP contribution in [0.1, 0.15) is 52.1 Å². The first kappa shape index (κ1) is 14.2. The van der Waals surface area contributed by atoms with Crippen LogP contribution in [0.4, 0.5) is 0 Å². The number of rotatable bonds is 2. The summed E-state index contributed by atoms with van der Waals surface area (Å²) in [6.45, 7) is 10.8. The monoisotopic (exact) mass is 352 g/mol. The molecule has 1 rings (SSSR count). The molecule has 0 aromatic carbocycles. The Morgan fingerprint density at radius 1 is 1.25 bits per heavy atom. The summed E-state index contributed by atoms with van der Waals surface area (Å²) in [5, 5.41) is 0.582. The van der Waals surface area contributed by atoms with E-state index in [1.54, 1.807) is 0 Å². The van der Waals surface area contributed by atoms with Crippen molar-refractivity contribution >= 4 is 34.2 Å². The maximum absolute atomic E-state index is 6.13. The van der Waals surface area contributed by atoms with E-state index in [-0.39, 0.29) is 5.41 Å². The normalized spacial score (nSPS) is 12.2. The molecule has 0 radical (unpaired) electrons. The van der Waals surface area contributed by atoms with E-state index in [4.69, 9.17) is 11.6 Å². The zero-order valence-electron chi connectivity index (χ0n) is 10.4. The summed E-state index contributed by atoms with van der Waals surface area (Å²) in [5.41, 5.74) is 1.24. The Hall–Kier alpha value is 0.100. The van der Waals surface area contributed by atoms with Crippen molar-refractivity contribution in [3.63, 3.8) is 0 Å². The van der Waals surface area contributed by atoms with Gasteiger partial charge < -0.3 is 0 Å². The fourth-order valence-corrected chi connectivity index (χ4v) is 2.48. The quantitative estimate of drug-likeness (QED) is 0.580. The highest BCUT2D eigenvalue weighted by atomic mass is 127. The molecule has 0 saturated heterocycles. The van der Waals surface area contributed by atoms with Crippen molar-refractivity contribution in [2.24, 2.45) is 5.41 Å². The second kappa shape index (κ2) is 5.17. The number of nitrogens with zero attached hydrogens (tertiary/aromatic N) is 2. The van der Waals surface area contributed by atoms with Gasteiger partial charge in [0, 0.05) is 6.42 Å². The molecule has 0 bridgehead atoms. The van der Waals surface area contributed by atoms with E-state index in [1.165, 1.54) is 0 Å². The molecule has 0 aliphatic carbocycles. The molecule has 0 amide bonds. The van der Waals surface area contributed by atoms with Crippen molar-refractivity contribution in [3.05, 3.63) is 20.2 Å². The van der Waals surface area contributed by atoms with Crippen LogP contribution in [0.3, 0.4) is 0 Å². The van der Waals surface area contributed by atoms with Gasteiger partial charge in [0.1, 0.15) is 11.0 Å². The molecular formula is C12H18ClIN2. The molecule has 16 heavy (non-hydrogen) atoms. The summed E-state index contributed by atoms with van der Waals surface area (Å²) in [6.07, 6.45) is 0.851. The summed E-state index contributed by atoms with van der Waals surface area (Å²) >= 11 is 8.35. The van der Waals surface area contributed by atoms with Gasteiger partial charge in [0.15, 0.2) is 0 Å². The molecule has 1 aromatic rings. The van der Waals surface area contributed by atoms with Crippen LogP contribution in [0.2, 0.25) is 5.15 Å². The Bertz CT molecular complexity index is 383. The topological polar surface area (TPSA) is 25.8 Å². The minimum absolute atomic E-state index is 0.185. The SMILES string of the molecule is CC(C)c1nc(CC(C)(C)C)nc(Cl)c1I. The van der Waals surface area contributed by atoms with E-state index in [1.807, 2.05) is 0 Å². The van der Waals surface area contributed by atoms with Crippen molar-refractivity contribution in [1.82, 2.24) is 9.97 Å². The summed E-state index contributed by atoms with van der Waals surface area (Å²) < 4.78 is 0.979. The Morgan fingerprint density at radius 3 is 2.25 bits per heavy atom. The van der Waals surface area contributed by atoms with Crippen LogP contribution < -0.4 is 0 Å². The summed E-state index contributed by atoms with van der Waals surface area (Å²) in [5.74, 6) is 1.23. The first-order valence-electron chi connectivity index (χ1n) is 5.42. The Morgan fingerprint density at radius 2 is 1.81 bits per heavy atom. The Balaban J connectivity index is 3.14. The number of halogens is 2. The molecule has 0 unspecified atom stereocenters. The summed E-state index contributed by atoms with van der Waals surface area (Å²) in [7, 11) is 0. The molecule has 90 valence electrons. The van der Waals surface area contributed by atoms with Crippen molar-refractivity contribution in [3.8, 4) is 0 Å². The van der Waals surface area contributed by atoms with Crippen LogP contribution in [0.15, 0.2) is 0 Å². The van der Waals surface area contributed by atoms with E-state index >= 15 is 0 Å². The predicted molar refractivity (Wildman–Crippen MR) is 77.0 cm³/mol. The van der Waals surface area contributed by atoms with Crippen molar-refractivity contribution in [2.45, 2.75) is 47.0 Å². The average Bonchev–Trinajstić information content (AvgIpc) is 2.07. The van der Waals surface area contributed by atoms with Crippen LogP contribution in [-0.4, -0.2) is 9.97 Å². The molecule has 1 aromatic heterocycles. The molecule has 0 atom stereocenters. The van der Waals surface area contributed by atoms with Crippen LogP contribution in [0, 0.1) is 8.99 Å². The van der Waals surface area contributed by atoms with Gasteiger partial charge in [0.05, 0.1) is 9.26 Å². The van der Waals surface area contributed by atoms with E-state index in [0.29, 0.717) is 11.1 Å². The lowest BCUT2D eigenvalue weighted by atomic mass is 9.92. The zero-order chi connectivity index (χ0) is 12.5. The predicted octanol–water partition coefficient (Wildman–Crippen LogP) is 4.45. The van der Waals surface area contributed by atoms with E-state index in [2.05, 4.69) is 67.2 Å². The molecule has 0 aliphatic heterocycles. The van der Waals surface area contributed by atoms with Crippen molar-refractivity contribution < 1.29 is 0 Å². The van der Waals surface area contributed by atoms with Gasteiger partial charge in [0.2, 0.25) is 0 Å². The third kappa shape index (κ3) is 3.84. The maximum Gasteiger partial charge on any atom is 0.146 e. The number of hydrogen-bond acceptors (Lipinski definition) is 2. The molecule has 1 heterocycles. The highest BCUT2D eigenvalue weighted by Crippen LogP contribution is 2.27. The van der Waals surface area contributed by atoms with E-state index < -0.39 is 0 Å². The third-order valence-electron chi connectivity index (χ3n) is 2.12. The molecule has 2 nitrogen and oxygen atoms in total. The second-order valence-corrected chi connectivity index (χ2v) is 6.96. The number of hydrogen-bond donors (Lipinski definition) is 0. The smallest absolute Gasteiger partial charge is 0.146 e. The second-order valence-electron chi connectivity index (χ2n) is 5.52. The van der Waals surface area contributed by atoms with Crippen LogP contribution in [-0.2, 0) is 6.42 Å². The molecule has 0 fully saturated rings. The van der Waals surface area contributed by atoms with Gasteiger partial charge in [-0.1, -0.05) is 46.2 Å². The largest absolute Gasteiger partial charge is 0.236 e. The van der Waals surface area contributed by atoms with Gasteiger partial charge in [-0.25, -0.2) is 9.97 Å². The lowest BCUT2D eigenvalue weighted by molar-refractivity contribution is 0.399. The standard InChI is InChI=1S/C12H18ClIN2/c1-7(2)10-9(14)11(13)16-8(15-10)6-12(3,4)5/h7H,6H2,1-5H3. The van der Waals surface area contributed by atoms with Gasteiger partial charge in [-0.2, -0.15) is 0 Å². The first-order valence-corrected chi connectivity index (χ1v) is 6.88. The third-order valence-corrected chi connectivity index (χ3v) is 3.77. The minimum atomic E-state index is 0.185. The number of aromatic nitrogens is 2. The molecular weight excluding hydrogens is 335 g/mol. The highest BCUT2D eigenvalue weighted by molar-refractivity contribution is 14.1. The minimum Gasteiger partial charge on any atom is -0.236 e. The Labute approximate surface area is 116 Å². The van der Waals surface area contributed by atoms with Gasteiger partial charge in [0.25, 0.3) is 0 Å². The lowest BCUT2D eigenvalue weighted by Crippen LogP contribution is -2.14.